The quantitative estimate of drug-likeness (QED) is 0.711. The Morgan fingerprint density at radius 1 is 1.43 bits per heavy atom. The maximum atomic E-state index is 12.6. The fourth-order valence-electron chi connectivity index (χ4n) is 2.18. The van der Waals surface area contributed by atoms with E-state index in [1.807, 2.05) is 27.9 Å². The number of rotatable bonds is 9. The van der Waals surface area contributed by atoms with Crippen molar-refractivity contribution in [3.05, 3.63) is 16.9 Å². The fraction of sp³-hybridized carbons (Fsp3) is 0.733. The van der Waals surface area contributed by atoms with Crippen LogP contribution in [0.1, 0.15) is 43.6 Å². The SMILES string of the molecule is CC(N)CCCC(C)C(=O)c1c(Cl)cnn1CCN(C)C. The molecule has 2 unspecified atom stereocenters. The molecule has 0 aliphatic carbocycles. The number of likely N-dealkylation sites (N-methyl/N-ethyl adjacent to an activating group) is 1. The zero-order chi connectivity index (χ0) is 16.0. The first kappa shape index (κ1) is 18.1. The smallest absolute Gasteiger partial charge is 0.185 e. The standard InChI is InChI=1S/C15H27ClN4O/c1-11(6-5-7-12(2)17)15(21)14-13(16)10-18-20(14)9-8-19(3)4/h10-12H,5-9,17H2,1-4H3. The molecule has 5 nitrogen and oxygen atoms in total. The minimum Gasteiger partial charge on any atom is -0.328 e. The van der Waals surface area contributed by atoms with Gasteiger partial charge in [0.25, 0.3) is 0 Å². The molecule has 2 N–H and O–H groups in total. The van der Waals surface area contributed by atoms with Gasteiger partial charge >= 0.3 is 0 Å². The van der Waals surface area contributed by atoms with E-state index in [0.717, 1.165) is 25.8 Å². The highest BCUT2D eigenvalue weighted by Crippen LogP contribution is 2.22. The van der Waals surface area contributed by atoms with Crippen LogP contribution in [0.4, 0.5) is 0 Å². The Balaban J connectivity index is 2.69. The number of aromatic nitrogens is 2. The predicted molar refractivity (Wildman–Crippen MR) is 86.8 cm³/mol. The number of carbonyl (C=O) groups is 1. The lowest BCUT2D eigenvalue weighted by molar-refractivity contribution is 0.0910. The molecule has 0 amide bonds. The zero-order valence-electron chi connectivity index (χ0n) is 13.5. The van der Waals surface area contributed by atoms with Crippen LogP contribution in [0.5, 0.6) is 0 Å². The lowest BCUT2D eigenvalue weighted by atomic mass is 9.96. The molecule has 1 heterocycles. The Kier molecular flexibility index (Phi) is 7.35. The third kappa shape index (κ3) is 5.77. The largest absolute Gasteiger partial charge is 0.328 e. The molecule has 0 aliphatic rings. The van der Waals surface area contributed by atoms with E-state index in [2.05, 4.69) is 10.00 Å². The van der Waals surface area contributed by atoms with Gasteiger partial charge in [-0.25, -0.2) is 0 Å². The van der Waals surface area contributed by atoms with Gasteiger partial charge in [-0.1, -0.05) is 24.9 Å². The topological polar surface area (TPSA) is 64.2 Å². The lowest BCUT2D eigenvalue weighted by Crippen LogP contribution is -2.23. The second-order valence-electron chi connectivity index (χ2n) is 6.04. The highest BCUT2D eigenvalue weighted by molar-refractivity contribution is 6.33. The molecule has 0 saturated heterocycles. The van der Waals surface area contributed by atoms with Gasteiger partial charge < -0.3 is 10.6 Å². The second kappa shape index (κ2) is 8.51. The summed E-state index contributed by atoms with van der Waals surface area (Å²) in [6.07, 6.45) is 4.27. The van der Waals surface area contributed by atoms with Crippen molar-refractivity contribution < 1.29 is 4.79 Å². The van der Waals surface area contributed by atoms with Crippen LogP contribution in [0.2, 0.25) is 5.02 Å². The summed E-state index contributed by atoms with van der Waals surface area (Å²) in [7, 11) is 3.98. The summed E-state index contributed by atoms with van der Waals surface area (Å²) in [5.41, 5.74) is 6.27. The van der Waals surface area contributed by atoms with Gasteiger partial charge in [0.05, 0.1) is 17.8 Å². The van der Waals surface area contributed by atoms with Crippen LogP contribution in [0, 0.1) is 5.92 Å². The van der Waals surface area contributed by atoms with Gasteiger partial charge in [-0.2, -0.15) is 5.10 Å². The van der Waals surface area contributed by atoms with Crippen molar-refractivity contribution >= 4 is 17.4 Å². The molecule has 120 valence electrons. The third-order valence-electron chi connectivity index (χ3n) is 3.53. The highest BCUT2D eigenvalue weighted by atomic mass is 35.5. The number of hydrogen-bond donors (Lipinski definition) is 1. The molecular formula is C15H27ClN4O. The van der Waals surface area contributed by atoms with Crippen LogP contribution in [0.15, 0.2) is 6.20 Å². The van der Waals surface area contributed by atoms with Crippen molar-refractivity contribution in [2.75, 3.05) is 20.6 Å². The Labute approximate surface area is 132 Å². The summed E-state index contributed by atoms with van der Waals surface area (Å²) in [6.45, 7) is 5.41. The van der Waals surface area contributed by atoms with Gasteiger partial charge in [0, 0.05) is 18.5 Å². The van der Waals surface area contributed by atoms with E-state index in [1.165, 1.54) is 0 Å². The maximum Gasteiger partial charge on any atom is 0.185 e. The van der Waals surface area contributed by atoms with Crippen molar-refractivity contribution in [1.82, 2.24) is 14.7 Å². The van der Waals surface area contributed by atoms with E-state index in [0.29, 0.717) is 17.3 Å². The lowest BCUT2D eigenvalue weighted by Gasteiger charge is -2.15. The average Bonchev–Trinajstić information content (AvgIpc) is 2.76. The zero-order valence-corrected chi connectivity index (χ0v) is 14.2. The first-order valence-corrected chi connectivity index (χ1v) is 7.86. The molecule has 0 saturated carbocycles. The van der Waals surface area contributed by atoms with Gasteiger partial charge in [0.2, 0.25) is 0 Å². The number of ketones is 1. The number of nitrogens with two attached hydrogens (primary N) is 1. The number of nitrogens with zero attached hydrogens (tertiary/aromatic N) is 3. The summed E-state index contributed by atoms with van der Waals surface area (Å²) >= 11 is 6.15. The van der Waals surface area contributed by atoms with Crippen molar-refractivity contribution in [3.63, 3.8) is 0 Å². The molecule has 0 aromatic carbocycles. The van der Waals surface area contributed by atoms with Crippen molar-refractivity contribution in [2.45, 2.75) is 45.7 Å². The van der Waals surface area contributed by atoms with E-state index < -0.39 is 0 Å². The Morgan fingerprint density at radius 3 is 2.67 bits per heavy atom. The highest BCUT2D eigenvalue weighted by Gasteiger charge is 2.22. The van der Waals surface area contributed by atoms with Gasteiger partial charge in [0.15, 0.2) is 5.78 Å². The van der Waals surface area contributed by atoms with Gasteiger partial charge in [-0.05, 0) is 33.9 Å². The average molecular weight is 315 g/mol. The summed E-state index contributed by atoms with van der Waals surface area (Å²) in [6, 6.07) is 0.182. The van der Waals surface area contributed by atoms with E-state index in [-0.39, 0.29) is 17.7 Å². The Bertz CT molecular complexity index is 457. The van der Waals surface area contributed by atoms with E-state index in [9.17, 15) is 4.79 Å². The van der Waals surface area contributed by atoms with Crippen LogP contribution in [-0.2, 0) is 6.54 Å². The van der Waals surface area contributed by atoms with Crippen LogP contribution in [-0.4, -0.2) is 47.1 Å². The van der Waals surface area contributed by atoms with Crippen molar-refractivity contribution in [3.8, 4) is 0 Å². The normalized spacial score (nSPS) is 14.4. The summed E-state index contributed by atoms with van der Waals surface area (Å²) in [4.78, 5) is 14.6. The molecule has 0 aliphatic heterocycles. The molecule has 1 rings (SSSR count). The fourth-order valence-corrected chi connectivity index (χ4v) is 2.42. The van der Waals surface area contributed by atoms with Gasteiger partial charge in [0.1, 0.15) is 5.69 Å². The third-order valence-corrected chi connectivity index (χ3v) is 3.81. The van der Waals surface area contributed by atoms with Gasteiger partial charge in [-0.15, -0.1) is 0 Å². The number of Topliss-reactive ketones (excluding diaryl/α,β-unsaturated/α-hetero) is 1. The predicted octanol–water partition coefficient (Wildman–Crippen LogP) is 2.43. The molecule has 21 heavy (non-hydrogen) atoms. The molecule has 0 radical (unpaired) electrons. The first-order valence-electron chi connectivity index (χ1n) is 7.48. The molecule has 0 spiro atoms. The van der Waals surface area contributed by atoms with Crippen molar-refractivity contribution in [2.24, 2.45) is 11.7 Å². The number of halogens is 1. The molecule has 2 atom stereocenters. The van der Waals surface area contributed by atoms with E-state index >= 15 is 0 Å². The summed E-state index contributed by atoms with van der Waals surface area (Å²) in [5.74, 6) is 0.0111. The minimum absolute atomic E-state index is 0.0592. The van der Waals surface area contributed by atoms with E-state index in [4.69, 9.17) is 17.3 Å². The number of carbonyl (C=O) groups excluding carboxylic acids is 1. The van der Waals surface area contributed by atoms with Crippen LogP contribution in [0.3, 0.4) is 0 Å². The molecule has 0 fully saturated rings. The minimum atomic E-state index is -0.0592. The molecule has 0 bridgehead atoms. The van der Waals surface area contributed by atoms with E-state index in [1.54, 1.807) is 10.9 Å². The molecule has 1 aromatic heterocycles. The monoisotopic (exact) mass is 314 g/mol. The summed E-state index contributed by atoms with van der Waals surface area (Å²) in [5, 5.41) is 4.66. The Morgan fingerprint density at radius 2 is 2.10 bits per heavy atom. The van der Waals surface area contributed by atoms with Crippen LogP contribution >= 0.6 is 11.6 Å². The van der Waals surface area contributed by atoms with Crippen molar-refractivity contribution in [1.29, 1.82) is 0 Å². The van der Waals surface area contributed by atoms with Crippen LogP contribution < -0.4 is 5.73 Å². The maximum absolute atomic E-state index is 12.6. The van der Waals surface area contributed by atoms with Gasteiger partial charge in [-0.3, -0.25) is 9.48 Å². The summed E-state index contributed by atoms with van der Waals surface area (Å²) < 4.78 is 1.72. The number of hydrogen-bond acceptors (Lipinski definition) is 4. The second-order valence-corrected chi connectivity index (χ2v) is 6.45. The first-order chi connectivity index (χ1) is 9.82. The molecule has 6 heteroatoms. The van der Waals surface area contributed by atoms with Crippen LogP contribution in [0.25, 0.3) is 0 Å². The molecule has 1 aromatic rings. The molecular weight excluding hydrogens is 288 g/mol. The Hall–Kier alpha value is -0.910.